The van der Waals surface area contributed by atoms with Crippen molar-refractivity contribution in [3.8, 4) is 11.5 Å². The Labute approximate surface area is 163 Å². The summed E-state index contributed by atoms with van der Waals surface area (Å²) >= 11 is 0. The summed E-state index contributed by atoms with van der Waals surface area (Å²) in [4.78, 5) is 14.5. The molecule has 3 rings (SSSR count). The van der Waals surface area contributed by atoms with Gasteiger partial charge in [-0.2, -0.15) is 0 Å². The molecule has 1 heterocycles. The summed E-state index contributed by atoms with van der Waals surface area (Å²) in [5, 5.41) is 10.3. The maximum atomic E-state index is 12.3. The van der Waals surface area contributed by atoms with Crippen molar-refractivity contribution >= 4 is 27.4 Å². The summed E-state index contributed by atoms with van der Waals surface area (Å²) in [5.41, 5.74) is 1.99. The lowest BCUT2D eigenvalue weighted by molar-refractivity contribution is 0.102. The molecule has 0 aliphatic carbocycles. The Kier molecular flexibility index (Phi) is 5.46. The summed E-state index contributed by atoms with van der Waals surface area (Å²) < 4.78 is 29.2. The lowest BCUT2D eigenvalue weighted by atomic mass is 10.2. The zero-order valence-corrected chi connectivity index (χ0v) is 16.5. The molecule has 28 heavy (non-hydrogen) atoms. The Balaban J connectivity index is 1.72. The molecule has 0 atom stereocenters. The van der Waals surface area contributed by atoms with Gasteiger partial charge in [0, 0.05) is 30.9 Å². The first kappa shape index (κ1) is 19.6. The van der Waals surface area contributed by atoms with Crippen molar-refractivity contribution in [1.82, 2.24) is 10.2 Å². The molecule has 0 aliphatic rings. The third kappa shape index (κ3) is 4.20. The van der Waals surface area contributed by atoms with Crippen molar-refractivity contribution in [3.63, 3.8) is 0 Å². The van der Waals surface area contributed by atoms with Crippen LogP contribution in [0.5, 0.6) is 0 Å². The van der Waals surface area contributed by atoms with Crippen LogP contribution in [0.1, 0.15) is 17.3 Å². The van der Waals surface area contributed by atoms with E-state index in [1.165, 1.54) is 12.1 Å². The topological polar surface area (TPSA) is 105 Å². The highest BCUT2D eigenvalue weighted by atomic mass is 32.2. The number of sulfone groups is 1. The molecular formula is C19H20N4O4S. The number of carbonyl (C=O) groups excluding carboxylic acids is 1. The number of benzene rings is 2. The second-order valence-electron chi connectivity index (χ2n) is 6.24. The molecule has 0 bridgehead atoms. The van der Waals surface area contributed by atoms with Crippen LogP contribution < -0.4 is 10.2 Å². The van der Waals surface area contributed by atoms with Crippen molar-refractivity contribution in [1.29, 1.82) is 0 Å². The fourth-order valence-corrected chi connectivity index (χ4v) is 3.33. The molecule has 1 aromatic heterocycles. The van der Waals surface area contributed by atoms with Crippen LogP contribution in [0.25, 0.3) is 11.5 Å². The van der Waals surface area contributed by atoms with Crippen LogP contribution in [-0.2, 0) is 9.84 Å². The monoisotopic (exact) mass is 400 g/mol. The van der Waals surface area contributed by atoms with E-state index in [0.717, 1.165) is 5.69 Å². The summed E-state index contributed by atoms with van der Waals surface area (Å²) in [7, 11) is 0.558. The standard InChI is InChI=1S/C19H20N4O4S/c1-4-28(25,26)16-11-7-14(8-12-16)18-21-22-19(27-18)20-17(24)13-5-9-15(10-6-13)23(2)3/h5-12H,4H2,1-3H3,(H,20,22,24). The summed E-state index contributed by atoms with van der Waals surface area (Å²) in [6.07, 6.45) is 0. The van der Waals surface area contributed by atoms with Gasteiger partial charge in [-0.05, 0) is 48.5 Å². The van der Waals surface area contributed by atoms with Crippen LogP contribution >= 0.6 is 0 Å². The van der Waals surface area contributed by atoms with E-state index >= 15 is 0 Å². The van der Waals surface area contributed by atoms with E-state index in [0.29, 0.717) is 11.1 Å². The zero-order valence-electron chi connectivity index (χ0n) is 15.7. The molecule has 146 valence electrons. The predicted molar refractivity (Wildman–Crippen MR) is 106 cm³/mol. The SMILES string of the molecule is CCS(=O)(=O)c1ccc(-c2nnc(NC(=O)c3ccc(N(C)C)cc3)o2)cc1. The number of rotatable bonds is 6. The molecule has 0 saturated carbocycles. The number of hydrogen-bond acceptors (Lipinski definition) is 7. The minimum Gasteiger partial charge on any atom is -0.403 e. The van der Waals surface area contributed by atoms with E-state index in [4.69, 9.17) is 4.42 Å². The smallest absolute Gasteiger partial charge is 0.322 e. The Morgan fingerprint density at radius 1 is 1.04 bits per heavy atom. The number of nitrogens with one attached hydrogen (secondary N) is 1. The Morgan fingerprint density at radius 2 is 1.68 bits per heavy atom. The first-order valence-corrected chi connectivity index (χ1v) is 10.2. The van der Waals surface area contributed by atoms with Gasteiger partial charge in [0.25, 0.3) is 5.91 Å². The van der Waals surface area contributed by atoms with Gasteiger partial charge in [-0.1, -0.05) is 12.0 Å². The van der Waals surface area contributed by atoms with Crippen LogP contribution in [0.15, 0.2) is 57.8 Å². The molecule has 9 heteroatoms. The average molecular weight is 400 g/mol. The van der Waals surface area contributed by atoms with Crippen molar-refractivity contribution in [2.24, 2.45) is 0 Å². The number of nitrogens with zero attached hydrogens (tertiary/aromatic N) is 3. The van der Waals surface area contributed by atoms with Crippen molar-refractivity contribution < 1.29 is 17.6 Å². The fourth-order valence-electron chi connectivity index (χ4n) is 2.44. The van der Waals surface area contributed by atoms with Crippen molar-refractivity contribution in [3.05, 3.63) is 54.1 Å². The Bertz CT molecular complexity index is 1070. The third-order valence-electron chi connectivity index (χ3n) is 4.13. The second kappa shape index (κ2) is 7.81. The number of aromatic nitrogens is 2. The van der Waals surface area contributed by atoms with Gasteiger partial charge in [0.1, 0.15) is 0 Å². The largest absolute Gasteiger partial charge is 0.403 e. The van der Waals surface area contributed by atoms with Gasteiger partial charge in [0.05, 0.1) is 10.6 Å². The highest BCUT2D eigenvalue weighted by molar-refractivity contribution is 7.91. The zero-order chi connectivity index (χ0) is 20.3. The molecule has 0 aliphatic heterocycles. The van der Waals surface area contributed by atoms with Gasteiger partial charge < -0.3 is 9.32 Å². The van der Waals surface area contributed by atoms with Crippen LogP contribution in [0.2, 0.25) is 0 Å². The fraction of sp³-hybridized carbons (Fsp3) is 0.211. The molecule has 0 spiro atoms. The maximum absolute atomic E-state index is 12.3. The summed E-state index contributed by atoms with van der Waals surface area (Å²) in [6.45, 7) is 1.59. The number of hydrogen-bond donors (Lipinski definition) is 1. The minimum absolute atomic E-state index is 0.0264. The number of amides is 1. The Hall–Kier alpha value is -3.20. The molecule has 1 amide bonds. The van der Waals surface area contributed by atoms with Gasteiger partial charge in [0.15, 0.2) is 9.84 Å². The number of anilines is 2. The molecule has 2 aromatic carbocycles. The highest BCUT2D eigenvalue weighted by Gasteiger charge is 2.15. The van der Waals surface area contributed by atoms with Crippen LogP contribution in [0.4, 0.5) is 11.7 Å². The first-order chi connectivity index (χ1) is 13.3. The van der Waals surface area contributed by atoms with Gasteiger partial charge in [-0.3, -0.25) is 10.1 Å². The van der Waals surface area contributed by atoms with Crippen molar-refractivity contribution in [2.45, 2.75) is 11.8 Å². The molecule has 0 radical (unpaired) electrons. The van der Waals surface area contributed by atoms with E-state index < -0.39 is 9.84 Å². The highest BCUT2D eigenvalue weighted by Crippen LogP contribution is 2.22. The summed E-state index contributed by atoms with van der Waals surface area (Å²) in [6, 6.07) is 13.2. The molecule has 1 N–H and O–H groups in total. The van der Waals surface area contributed by atoms with Gasteiger partial charge >= 0.3 is 6.01 Å². The minimum atomic E-state index is -3.27. The third-order valence-corrected chi connectivity index (χ3v) is 5.88. The van der Waals surface area contributed by atoms with E-state index in [2.05, 4.69) is 15.5 Å². The molecule has 0 fully saturated rings. The van der Waals surface area contributed by atoms with Gasteiger partial charge in [0.2, 0.25) is 5.89 Å². The second-order valence-corrected chi connectivity index (χ2v) is 8.51. The maximum Gasteiger partial charge on any atom is 0.322 e. The summed E-state index contributed by atoms with van der Waals surface area (Å²) in [5.74, 6) is -0.165. The van der Waals surface area contributed by atoms with E-state index in [1.807, 2.05) is 31.1 Å². The molecule has 8 nitrogen and oxygen atoms in total. The Morgan fingerprint density at radius 3 is 2.25 bits per heavy atom. The molecule has 0 saturated heterocycles. The molecule has 3 aromatic rings. The molecule has 0 unspecified atom stereocenters. The predicted octanol–water partition coefficient (Wildman–Crippen LogP) is 2.85. The lowest BCUT2D eigenvalue weighted by Gasteiger charge is -2.12. The van der Waals surface area contributed by atoms with E-state index in [9.17, 15) is 13.2 Å². The number of carbonyl (C=O) groups is 1. The van der Waals surface area contributed by atoms with Crippen LogP contribution in [0.3, 0.4) is 0 Å². The van der Waals surface area contributed by atoms with Gasteiger partial charge in [-0.15, -0.1) is 5.10 Å². The van der Waals surface area contributed by atoms with Gasteiger partial charge in [-0.25, -0.2) is 8.42 Å². The van der Waals surface area contributed by atoms with Crippen molar-refractivity contribution in [2.75, 3.05) is 30.1 Å². The van der Waals surface area contributed by atoms with Crippen LogP contribution in [-0.4, -0.2) is 44.4 Å². The molecular weight excluding hydrogens is 380 g/mol. The first-order valence-electron chi connectivity index (χ1n) is 8.55. The lowest BCUT2D eigenvalue weighted by Crippen LogP contribution is -2.13. The average Bonchev–Trinajstić information content (AvgIpc) is 3.16. The van der Waals surface area contributed by atoms with E-state index in [-0.39, 0.29) is 28.5 Å². The quantitative estimate of drug-likeness (QED) is 0.678. The van der Waals surface area contributed by atoms with E-state index in [1.54, 1.807) is 31.2 Å². The van der Waals surface area contributed by atoms with Crippen LogP contribution in [0, 0.1) is 0 Å². The normalized spacial score (nSPS) is 11.2.